The van der Waals surface area contributed by atoms with E-state index in [-0.39, 0.29) is 6.10 Å². The van der Waals surface area contributed by atoms with Gasteiger partial charge < -0.3 is 10.4 Å². The van der Waals surface area contributed by atoms with Crippen LogP contribution in [-0.2, 0) is 0 Å². The van der Waals surface area contributed by atoms with E-state index in [4.69, 9.17) is 0 Å². The second-order valence-electron chi connectivity index (χ2n) is 10.7. The van der Waals surface area contributed by atoms with Crippen LogP contribution in [0.4, 0.5) is 0 Å². The number of allylic oxidation sites excluding steroid dienone is 2. The smallest absolute Gasteiger partial charge is 0.0577 e. The fourth-order valence-corrected chi connectivity index (χ4v) is 8.09. The first kappa shape index (κ1) is 17.5. The predicted octanol–water partition coefficient (Wildman–Crippen LogP) is 4.84. The van der Waals surface area contributed by atoms with Gasteiger partial charge in [0.25, 0.3) is 0 Å². The van der Waals surface area contributed by atoms with Crippen LogP contribution < -0.4 is 5.32 Å². The average molecular weight is 356 g/mol. The SMILES string of the molecule is C[C@@H]1C=C2C[C@@H](O)CC[C@]2(C)[C@H]2CC[C@]3(C)C(C4CCCN4)=CC[C@H]3[C@H]12. The molecule has 1 heterocycles. The monoisotopic (exact) mass is 355 g/mol. The lowest BCUT2D eigenvalue weighted by molar-refractivity contribution is -0.0491. The van der Waals surface area contributed by atoms with Gasteiger partial charge in [-0.1, -0.05) is 44.1 Å². The third kappa shape index (κ3) is 2.30. The Balaban J connectivity index is 1.48. The Morgan fingerprint density at radius 1 is 1.08 bits per heavy atom. The molecule has 5 rings (SSSR count). The summed E-state index contributed by atoms with van der Waals surface area (Å²) in [6.07, 6.45) is 15.0. The van der Waals surface area contributed by atoms with Gasteiger partial charge in [0, 0.05) is 6.04 Å². The van der Waals surface area contributed by atoms with Gasteiger partial charge in [0.2, 0.25) is 0 Å². The van der Waals surface area contributed by atoms with Crippen molar-refractivity contribution in [3.63, 3.8) is 0 Å². The zero-order chi connectivity index (χ0) is 18.1. The van der Waals surface area contributed by atoms with Crippen LogP contribution in [0.3, 0.4) is 0 Å². The Kier molecular flexibility index (Phi) is 4.00. The zero-order valence-corrected chi connectivity index (χ0v) is 16.9. The normalized spacial score (nSPS) is 53.4. The van der Waals surface area contributed by atoms with Crippen LogP contribution in [0.25, 0.3) is 0 Å². The van der Waals surface area contributed by atoms with Gasteiger partial charge in [-0.05, 0) is 92.4 Å². The van der Waals surface area contributed by atoms with Gasteiger partial charge in [0.05, 0.1) is 6.10 Å². The van der Waals surface area contributed by atoms with Crippen molar-refractivity contribution in [1.29, 1.82) is 0 Å². The largest absolute Gasteiger partial charge is 0.393 e. The maximum atomic E-state index is 10.2. The molecule has 1 aliphatic heterocycles. The van der Waals surface area contributed by atoms with E-state index < -0.39 is 0 Å². The van der Waals surface area contributed by atoms with E-state index >= 15 is 0 Å². The lowest BCUT2D eigenvalue weighted by Crippen LogP contribution is -2.53. The van der Waals surface area contributed by atoms with Gasteiger partial charge in [-0.15, -0.1) is 0 Å². The summed E-state index contributed by atoms with van der Waals surface area (Å²) in [5.74, 6) is 3.15. The molecule has 2 N–H and O–H groups in total. The van der Waals surface area contributed by atoms with Crippen LogP contribution in [-0.4, -0.2) is 23.8 Å². The first-order chi connectivity index (χ1) is 12.4. The van der Waals surface area contributed by atoms with Crippen LogP contribution in [0.15, 0.2) is 23.3 Å². The molecule has 2 heteroatoms. The van der Waals surface area contributed by atoms with Crippen molar-refractivity contribution in [3.8, 4) is 0 Å². The van der Waals surface area contributed by atoms with Crippen LogP contribution in [0.2, 0.25) is 0 Å². The van der Waals surface area contributed by atoms with Gasteiger partial charge in [-0.2, -0.15) is 0 Å². The van der Waals surface area contributed by atoms with Gasteiger partial charge in [0.15, 0.2) is 0 Å². The molecular weight excluding hydrogens is 318 g/mol. The molecule has 0 bridgehead atoms. The summed E-state index contributed by atoms with van der Waals surface area (Å²) < 4.78 is 0. The number of aliphatic hydroxyl groups is 1. The maximum Gasteiger partial charge on any atom is 0.0577 e. The minimum Gasteiger partial charge on any atom is -0.393 e. The van der Waals surface area contributed by atoms with Crippen molar-refractivity contribution >= 4 is 0 Å². The fourth-order valence-electron chi connectivity index (χ4n) is 8.09. The molecule has 8 atom stereocenters. The predicted molar refractivity (Wildman–Crippen MR) is 107 cm³/mol. The van der Waals surface area contributed by atoms with Crippen LogP contribution >= 0.6 is 0 Å². The minimum atomic E-state index is -0.0971. The molecule has 4 aliphatic carbocycles. The highest BCUT2D eigenvalue weighted by molar-refractivity contribution is 5.33. The average Bonchev–Trinajstić information content (AvgIpc) is 3.23. The lowest BCUT2D eigenvalue weighted by Gasteiger charge is -2.59. The number of hydrogen-bond acceptors (Lipinski definition) is 2. The van der Waals surface area contributed by atoms with Gasteiger partial charge >= 0.3 is 0 Å². The van der Waals surface area contributed by atoms with E-state index in [0.29, 0.717) is 22.8 Å². The van der Waals surface area contributed by atoms with E-state index in [0.717, 1.165) is 30.6 Å². The summed E-state index contributed by atoms with van der Waals surface area (Å²) in [5.41, 5.74) is 4.14. The molecular formula is C24H37NO. The van der Waals surface area contributed by atoms with Crippen LogP contribution in [0, 0.1) is 34.5 Å². The van der Waals surface area contributed by atoms with E-state index in [1.165, 1.54) is 45.1 Å². The van der Waals surface area contributed by atoms with E-state index in [1.54, 1.807) is 11.1 Å². The molecule has 3 fully saturated rings. The van der Waals surface area contributed by atoms with Gasteiger partial charge in [-0.25, -0.2) is 0 Å². The fraction of sp³-hybridized carbons (Fsp3) is 0.833. The molecule has 0 aromatic carbocycles. The highest BCUT2D eigenvalue weighted by atomic mass is 16.3. The molecule has 0 radical (unpaired) electrons. The number of aliphatic hydroxyl groups excluding tert-OH is 1. The zero-order valence-electron chi connectivity index (χ0n) is 16.9. The Morgan fingerprint density at radius 2 is 1.88 bits per heavy atom. The molecule has 0 aromatic heterocycles. The van der Waals surface area contributed by atoms with Crippen molar-refractivity contribution in [2.45, 2.75) is 84.3 Å². The Hall–Kier alpha value is -0.600. The number of fused-ring (bicyclic) bond motifs is 5. The molecule has 0 spiro atoms. The van der Waals surface area contributed by atoms with E-state index in [1.807, 2.05) is 0 Å². The van der Waals surface area contributed by atoms with Crippen molar-refractivity contribution in [3.05, 3.63) is 23.3 Å². The van der Waals surface area contributed by atoms with Crippen molar-refractivity contribution in [1.82, 2.24) is 5.32 Å². The summed E-state index contributed by atoms with van der Waals surface area (Å²) in [6.45, 7) is 8.82. The van der Waals surface area contributed by atoms with Crippen LogP contribution in [0.1, 0.15) is 72.1 Å². The van der Waals surface area contributed by atoms with Gasteiger partial charge in [0.1, 0.15) is 0 Å². The summed E-state index contributed by atoms with van der Waals surface area (Å²) in [4.78, 5) is 0. The molecule has 2 saturated carbocycles. The molecule has 26 heavy (non-hydrogen) atoms. The molecule has 1 saturated heterocycles. The molecule has 0 aromatic rings. The Morgan fingerprint density at radius 3 is 2.65 bits per heavy atom. The summed E-state index contributed by atoms with van der Waals surface area (Å²) in [7, 11) is 0. The minimum absolute atomic E-state index is 0.0971. The first-order valence-corrected chi connectivity index (χ1v) is 11.3. The third-order valence-corrected chi connectivity index (χ3v) is 9.48. The molecule has 1 unspecified atom stereocenters. The molecule has 144 valence electrons. The molecule has 0 amide bonds. The summed E-state index contributed by atoms with van der Waals surface area (Å²) >= 11 is 0. The highest BCUT2D eigenvalue weighted by Gasteiger charge is 2.58. The quantitative estimate of drug-likeness (QED) is 0.659. The van der Waals surface area contributed by atoms with E-state index in [2.05, 4.69) is 38.2 Å². The second-order valence-corrected chi connectivity index (χ2v) is 10.7. The van der Waals surface area contributed by atoms with Gasteiger partial charge in [-0.3, -0.25) is 0 Å². The van der Waals surface area contributed by atoms with Crippen molar-refractivity contribution in [2.24, 2.45) is 34.5 Å². The highest BCUT2D eigenvalue weighted by Crippen LogP contribution is 2.66. The molecule has 5 aliphatic rings. The first-order valence-electron chi connectivity index (χ1n) is 11.3. The number of nitrogens with one attached hydrogen (secondary N) is 1. The van der Waals surface area contributed by atoms with Crippen molar-refractivity contribution in [2.75, 3.05) is 6.54 Å². The topological polar surface area (TPSA) is 32.3 Å². The second kappa shape index (κ2) is 5.95. The summed E-state index contributed by atoms with van der Waals surface area (Å²) in [5, 5.41) is 14.0. The summed E-state index contributed by atoms with van der Waals surface area (Å²) in [6, 6.07) is 0.659. The molecule has 2 nitrogen and oxygen atoms in total. The number of hydrogen-bond donors (Lipinski definition) is 2. The Bertz CT molecular complexity index is 645. The third-order valence-electron chi connectivity index (χ3n) is 9.48. The van der Waals surface area contributed by atoms with Crippen LogP contribution in [0.5, 0.6) is 0 Å². The lowest BCUT2D eigenvalue weighted by atomic mass is 9.45. The Labute approximate surface area is 159 Å². The number of rotatable bonds is 1. The standard InChI is InChI=1S/C24H37NO/c1-15-13-16-14-17(26)8-10-23(16,2)20-9-11-24(3)18(21-5-4-12-25-21)6-7-19(24)22(15)20/h6,13,15,17,19-22,25-26H,4-5,7-12,14H2,1-3H3/t15-,17+,19+,20+,21?,22+,23+,24-/m1/s1. The van der Waals surface area contributed by atoms with Crippen molar-refractivity contribution < 1.29 is 5.11 Å². The van der Waals surface area contributed by atoms with E-state index in [9.17, 15) is 5.11 Å². The maximum absolute atomic E-state index is 10.2.